The quantitative estimate of drug-likeness (QED) is 0.598. The second-order valence-corrected chi connectivity index (χ2v) is 6.97. The maximum Gasteiger partial charge on any atom is 0.174 e. The maximum absolute atomic E-state index is 12.6. The molecule has 0 saturated heterocycles. The van der Waals surface area contributed by atoms with Gasteiger partial charge in [0.15, 0.2) is 5.78 Å². The van der Waals surface area contributed by atoms with Crippen LogP contribution in [-0.2, 0) is 0 Å². The Morgan fingerprint density at radius 1 is 1.32 bits per heavy atom. The number of hydrogen-bond acceptors (Lipinski definition) is 3. The summed E-state index contributed by atoms with van der Waals surface area (Å²) in [5.41, 5.74) is 3.24. The van der Waals surface area contributed by atoms with Crippen LogP contribution < -0.4 is 0 Å². The number of hydrogen-bond donors (Lipinski definition) is 0. The van der Waals surface area contributed by atoms with Gasteiger partial charge in [0.2, 0.25) is 0 Å². The third-order valence-corrected chi connectivity index (χ3v) is 5.41. The van der Waals surface area contributed by atoms with E-state index in [2.05, 4.69) is 29.5 Å². The third-order valence-electron chi connectivity index (χ3n) is 4.46. The van der Waals surface area contributed by atoms with E-state index in [-0.39, 0.29) is 5.78 Å². The number of carbonyl (C=O) groups is 1. The number of Topliss-reactive ketones (excluding diaryl/α,β-unsaturated/α-hetero) is 1. The average Bonchev–Trinajstić information content (AvgIpc) is 3.14. The van der Waals surface area contributed by atoms with Gasteiger partial charge in [-0.3, -0.25) is 4.79 Å². The fourth-order valence-electron chi connectivity index (χ4n) is 3.43. The number of aryl methyl sites for hydroxylation is 1. The standard InChI is InChI=1S/C18H22N2OS/c1-13-11-16(14(2)20(13)15-7-3-4-8-15)17(21)12-22-18-9-5-6-10-19-18/h5-6,9-11,15H,3-4,7-8,12H2,1-2H3. The molecule has 1 saturated carbocycles. The Morgan fingerprint density at radius 3 is 2.77 bits per heavy atom. The lowest BCUT2D eigenvalue weighted by molar-refractivity contribution is 0.102. The van der Waals surface area contributed by atoms with Crippen LogP contribution in [0, 0.1) is 13.8 Å². The molecule has 3 rings (SSSR count). The molecule has 22 heavy (non-hydrogen) atoms. The molecule has 2 heterocycles. The van der Waals surface area contributed by atoms with Gasteiger partial charge in [-0.15, -0.1) is 0 Å². The van der Waals surface area contributed by atoms with Gasteiger partial charge in [0.1, 0.15) is 0 Å². The molecule has 0 N–H and O–H groups in total. The number of aromatic nitrogens is 2. The van der Waals surface area contributed by atoms with Crippen molar-refractivity contribution in [2.24, 2.45) is 0 Å². The first-order chi connectivity index (χ1) is 10.7. The lowest BCUT2D eigenvalue weighted by atomic mass is 10.2. The summed E-state index contributed by atoms with van der Waals surface area (Å²) in [5, 5.41) is 0.903. The predicted octanol–water partition coefficient (Wildman–Crippen LogP) is 4.59. The van der Waals surface area contributed by atoms with Crippen molar-refractivity contribution in [3.63, 3.8) is 0 Å². The molecule has 2 aromatic heterocycles. The maximum atomic E-state index is 12.6. The highest BCUT2D eigenvalue weighted by atomic mass is 32.2. The highest BCUT2D eigenvalue weighted by Crippen LogP contribution is 2.33. The first kappa shape index (κ1) is 15.3. The Bertz CT molecular complexity index is 657. The second kappa shape index (κ2) is 6.69. The van der Waals surface area contributed by atoms with Crippen LogP contribution in [0.3, 0.4) is 0 Å². The van der Waals surface area contributed by atoms with Gasteiger partial charge in [-0.05, 0) is 44.9 Å². The second-order valence-electron chi connectivity index (χ2n) is 5.97. The molecule has 0 amide bonds. The molecule has 1 aliphatic rings. The van der Waals surface area contributed by atoms with Crippen molar-refractivity contribution in [1.29, 1.82) is 0 Å². The van der Waals surface area contributed by atoms with Crippen LogP contribution in [0.1, 0.15) is 53.5 Å². The summed E-state index contributed by atoms with van der Waals surface area (Å²) >= 11 is 1.51. The van der Waals surface area contributed by atoms with Crippen molar-refractivity contribution in [3.05, 3.63) is 47.4 Å². The van der Waals surface area contributed by atoms with Gasteiger partial charge in [-0.1, -0.05) is 30.7 Å². The molecule has 1 fully saturated rings. The minimum absolute atomic E-state index is 0.202. The van der Waals surface area contributed by atoms with Crippen molar-refractivity contribution in [2.45, 2.75) is 50.6 Å². The molecule has 0 aliphatic heterocycles. The number of thioether (sulfide) groups is 1. The van der Waals surface area contributed by atoms with Crippen molar-refractivity contribution < 1.29 is 4.79 Å². The molecular weight excluding hydrogens is 292 g/mol. The minimum Gasteiger partial charge on any atom is -0.345 e. The zero-order valence-corrected chi connectivity index (χ0v) is 14.0. The minimum atomic E-state index is 0.202. The van der Waals surface area contributed by atoms with E-state index in [1.54, 1.807) is 6.20 Å². The van der Waals surface area contributed by atoms with E-state index in [0.29, 0.717) is 11.8 Å². The Hall–Kier alpha value is -1.55. The van der Waals surface area contributed by atoms with Crippen LogP contribution in [0.25, 0.3) is 0 Å². The number of ketones is 1. The normalized spacial score (nSPS) is 15.4. The SMILES string of the molecule is Cc1cc(C(=O)CSc2ccccn2)c(C)n1C1CCCC1. The van der Waals surface area contributed by atoms with Gasteiger partial charge in [-0.25, -0.2) is 4.98 Å². The fourth-order valence-corrected chi connectivity index (χ4v) is 4.18. The summed E-state index contributed by atoms with van der Waals surface area (Å²) in [6.45, 7) is 4.21. The molecule has 4 heteroatoms. The fraction of sp³-hybridized carbons (Fsp3) is 0.444. The van der Waals surface area contributed by atoms with Crippen LogP contribution in [0.2, 0.25) is 0 Å². The smallest absolute Gasteiger partial charge is 0.174 e. The monoisotopic (exact) mass is 314 g/mol. The van der Waals surface area contributed by atoms with Crippen molar-refractivity contribution >= 4 is 17.5 Å². The molecule has 116 valence electrons. The molecule has 0 radical (unpaired) electrons. The van der Waals surface area contributed by atoms with E-state index in [1.165, 1.54) is 43.1 Å². The molecule has 0 spiro atoms. The topological polar surface area (TPSA) is 34.9 Å². The molecule has 3 nitrogen and oxygen atoms in total. The molecule has 0 atom stereocenters. The van der Waals surface area contributed by atoms with Crippen LogP contribution in [0.15, 0.2) is 35.5 Å². The van der Waals surface area contributed by atoms with Crippen LogP contribution >= 0.6 is 11.8 Å². The van der Waals surface area contributed by atoms with Gasteiger partial charge >= 0.3 is 0 Å². The highest BCUT2D eigenvalue weighted by molar-refractivity contribution is 7.99. The van der Waals surface area contributed by atoms with Crippen LogP contribution in [0.5, 0.6) is 0 Å². The van der Waals surface area contributed by atoms with Gasteiger partial charge in [0.25, 0.3) is 0 Å². The molecule has 1 aliphatic carbocycles. The lowest BCUT2D eigenvalue weighted by Gasteiger charge is -2.17. The predicted molar refractivity (Wildman–Crippen MR) is 90.7 cm³/mol. The summed E-state index contributed by atoms with van der Waals surface area (Å²) < 4.78 is 2.38. The van der Waals surface area contributed by atoms with Gasteiger partial charge in [0.05, 0.1) is 10.8 Å². The third kappa shape index (κ3) is 3.12. The Kier molecular flexibility index (Phi) is 4.67. The van der Waals surface area contributed by atoms with Gasteiger partial charge < -0.3 is 4.57 Å². The van der Waals surface area contributed by atoms with E-state index < -0.39 is 0 Å². The molecule has 0 unspecified atom stereocenters. The summed E-state index contributed by atoms with van der Waals surface area (Å²) in [6, 6.07) is 8.44. The van der Waals surface area contributed by atoms with E-state index in [4.69, 9.17) is 0 Å². The Morgan fingerprint density at radius 2 is 2.09 bits per heavy atom. The van der Waals surface area contributed by atoms with Crippen molar-refractivity contribution in [1.82, 2.24) is 9.55 Å². The summed E-state index contributed by atoms with van der Waals surface area (Å²) in [4.78, 5) is 16.8. The van der Waals surface area contributed by atoms with Crippen LogP contribution in [-0.4, -0.2) is 21.1 Å². The molecular formula is C18H22N2OS. The van der Waals surface area contributed by atoms with Gasteiger partial charge in [0, 0.05) is 29.2 Å². The lowest BCUT2D eigenvalue weighted by Crippen LogP contribution is -2.10. The average molecular weight is 314 g/mol. The number of carbonyl (C=O) groups excluding carboxylic acids is 1. The molecule has 2 aromatic rings. The Balaban J connectivity index is 1.74. The number of rotatable bonds is 5. The zero-order chi connectivity index (χ0) is 15.5. The summed E-state index contributed by atoms with van der Waals surface area (Å²) in [5.74, 6) is 0.652. The van der Waals surface area contributed by atoms with E-state index in [0.717, 1.165) is 16.3 Å². The summed E-state index contributed by atoms with van der Waals surface area (Å²) in [6.07, 6.45) is 6.86. The zero-order valence-electron chi connectivity index (χ0n) is 13.2. The van der Waals surface area contributed by atoms with Crippen molar-refractivity contribution in [3.8, 4) is 0 Å². The molecule has 0 bridgehead atoms. The van der Waals surface area contributed by atoms with Crippen LogP contribution in [0.4, 0.5) is 0 Å². The van der Waals surface area contributed by atoms with Gasteiger partial charge in [-0.2, -0.15) is 0 Å². The van der Waals surface area contributed by atoms with E-state index in [9.17, 15) is 4.79 Å². The Labute approximate surface area is 136 Å². The van der Waals surface area contributed by atoms with E-state index in [1.807, 2.05) is 18.2 Å². The number of nitrogens with zero attached hydrogens (tertiary/aromatic N) is 2. The largest absolute Gasteiger partial charge is 0.345 e. The molecule has 0 aromatic carbocycles. The summed E-state index contributed by atoms with van der Waals surface area (Å²) in [7, 11) is 0. The van der Waals surface area contributed by atoms with E-state index >= 15 is 0 Å². The first-order valence-electron chi connectivity index (χ1n) is 7.92. The highest BCUT2D eigenvalue weighted by Gasteiger charge is 2.23. The number of pyridine rings is 1. The first-order valence-corrected chi connectivity index (χ1v) is 8.91. The van der Waals surface area contributed by atoms with Crippen molar-refractivity contribution in [2.75, 3.05) is 5.75 Å².